The lowest BCUT2D eigenvalue weighted by molar-refractivity contribution is -0.120. The number of hydrogen-bond donors (Lipinski definition) is 1. The fraction of sp³-hybridized carbons (Fsp3) is 0.545. The molecule has 1 aliphatic rings. The standard InChI is InChI=1S/C11H16N4OS/c1-2-7-15-8-13-14-11(15)17-9-5-3-4-6-12-10(9)16/h2,8-9H,1,3-7H2,(H,12,16). The van der Waals surface area contributed by atoms with Gasteiger partial charge in [0.2, 0.25) is 5.91 Å². The number of carbonyl (C=O) groups is 1. The van der Waals surface area contributed by atoms with Crippen molar-refractivity contribution in [3.05, 3.63) is 19.0 Å². The van der Waals surface area contributed by atoms with E-state index in [1.54, 1.807) is 12.4 Å². The van der Waals surface area contributed by atoms with E-state index in [0.717, 1.165) is 31.0 Å². The molecule has 0 aromatic carbocycles. The zero-order valence-electron chi connectivity index (χ0n) is 9.63. The first-order valence-corrected chi connectivity index (χ1v) is 6.62. The minimum atomic E-state index is -0.0507. The molecule has 5 nitrogen and oxygen atoms in total. The van der Waals surface area contributed by atoms with E-state index in [2.05, 4.69) is 22.1 Å². The van der Waals surface area contributed by atoms with Gasteiger partial charge in [-0.1, -0.05) is 24.3 Å². The highest BCUT2D eigenvalue weighted by atomic mass is 32.2. The van der Waals surface area contributed by atoms with Crippen molar-refractivity contribution < 1.29 is 4.79 Å². The summed E-state index contributed by atoms with van der Waals surface area (Å²) >= 11 is 1.49. The second-order valence-electron chi connectivity index (χ2n) is 3.95. The van der Waals surface area contributed by atoms with E-state index in [1.807, 2.05) is 4.57 Å². The van der Waals surface area contributed by atoms with Crippen molar-refractivity contribution in [3.63, 3.8) is 0 Å². The number of amides is 1. The zero-order valence-corrected chi connectivity index (χ0v) is 10.4. The third kappa shape index (κ3) is 3.09. The number of rotatable bonds is 4. The summed E-state index contributed by atoms with van der Waals surface area (Å²) in [7, 11) is 0. The van der Waals surface area contributed by atoms with Gasteiger partial charge in [-0.15, -0.1) is 16.8 Å². The molecule has 1 aromatic rings. The van der Waals surface area contributed by atoms with E-state index in [4.69, 9.17) is 0 Å². The number of aromatic nitrogens is 3. The molecule has 0 radical (unpaired) electrons. The summed E-state index contributed by atoms with van der Waals surface area (Å²) in [6, 6.07) is 0. The molecule has 1 aliphatic heterocycles. The highest BCUT2D eigenvalue weighted by Gasteiger charge is 2.23. The number of allylic oxidation sites excluding steroid dienone is 1. The van der Waals surface area contributed by atoms with Gasteiger partial charge in [0.15, 0.2) is 5.16 Å². The van der Waals surface area contributed by atoms with Gasteiger partial charge in [-0.3, -0.25) is 4.79 Å². The SMILES string of the molecule is C=CCn1cnnc1SC1CCCCNC1=O. The average molecular weight is 252 g/mol. The van der Waals surface area contributed by atoms with Crippen molar-refractivity contribution in [2.75, 3.05) is 6.54 Å². The fourth-order valence-electron chi connectivity index (χ4n) is 1.75. The van der Waals surface area contributed by atoms with Crippen LogP contribution in [0.1, 0.15) is 19.3 Å². The Morgan fingerprint density at radius 2 is 2.53 bits per heavy atom. The third-order valence-corrected chi connectivity index (χ3v) is 3.90. The van der Waals surface area contributed by atoms with Gasteiger partial charge < -0.3 is 9.88 Å². The van der Waals surface area contributed by atoms with Gasteiger partial charge in [-0.05, 0) is 12.8 Å². The molecule has 0 bridgehead atoms. The van der Waals surface area contributed by atoms with Crippen LogP contribution in [0.15, 0.2) is 24.1 Å². The largest absolute Gasteiger partial charge is 0.355 e. The van der Waals surface area contributed by atoms with Gasteiger partial charge in [0.1, 0.15) is 6.33 Å². The predicted octanol–water partition coefficient (Wildman–Crippen LogP) is 1.22. The van der Waals surface area contributed by atoms with Gasteiger partial charge >= 0.3 is 0 Å². The van der Waals surface area contributed by atoms with Crippen molar-refractivity contribution in [1.29, 1.82) is 0 Å². The van der Waals surface area contributed by atoms with Crippen LogP contribution in [0.2, 0.25) is 0 Å². The number of nitrogens with zero attached hydrogens (tertiary/aromatic N) is 3. The van der Waals surface area contributed by atoms with Crippen LogP contribution in [0.3, 0.4) is 0 Å². The van der Waals surface area contributed by atoms with E-state index < -0.39 is 0 Å². The highest BCUT2D eigenvalue weighted by molar-refractivity contribution is 8.00. The molecule has 1 atom stereocenters. The Bertz CT molecular complexity index is 404. The maximum absolute atomic E-state index is 11.8. The van der Waals surface area contributed by atoms with Gasteiger partial charge in [0.05, 0.1) is 5.25 Å². The Morgan fingerprint density at radius 3 is 3.35 bits per heavy atom. The molecule has 2 rings (SSSR count). The Morgan fingerprint density at radius 1 is 1.65 bits per heavy atom. The molecule has 17 heavy (non-hydrogen) atoms. The van der Waals surface area contributed by atoms with Gasteiger partial charge in [0.25, 0.3) is 0 Å². The zero-order chi connectivity index (χ0) is 12.1. The average Bonchev–Trinajstić information content (AvgIpc) is 2.64. The van der Waals surface area contributed by atoms with Crippen molar-refractivity contribution in [2.24, 2.45) is 0 Å². The summed E-state index contributed by atoms with van der Waals surface area (Å²) in [5, 5.41) is 11.6. The topological polar surface area (TPSA) is 59.8 Å². The maximum atomic E-state index is 11.8. The lowest BCUT2D eigenvalue weighted by atomic mass is 10.2. The molecule has 6 heteroatoms. The van der Waals surface area contributed by atoms with E-state index in [-0.39, 0.29) is 11.2 Å². The van der Waals surface area contributed by atoms with Crippen LogP contribution in [-0.4, -0.2) is 32.5 Å². The van der Waals surface area contributed by atoms with Crippen LogP contribution in [0.5, 0.6) is 0 Å². The van der Waals surface area contributed by atoms with E-state index in [9.17, 15) is 4.79 Å². The predicted molar refractivity (Wildman–Crippen MR) is 66.7 cm³/mol. The number of hydrogen-bond acceptors (Lipinski definition) is 4. The molecular weight excluding hydrogens is 236 g/mol. The first-order chi connectivity index (χ1) is 8.31. The first-order valence-electron chi connectivity index (χ1n) is 5.74. The molecule has 1 saturated heterocycles. The molecule has 0 spiro atoms. The lowest BCUT2D eigenvalue weighted by Crippen LogP contribution is -2.30. The van der Waals surface area contributed by atoms with Crippen LogP contribution in [0.4, 0.5) is 0 Å². The lowest BCUT2D eigenvalue weighted by Gasteiger charge is -2.12. The van der Waals surface area contributed by atoms with Gasteiger partial charge in [0, 0.05) is 13.1 Å². The summed E-state index contributed by atoms with van der Waals surface area (Å²) in [5.74, 6) is 0.112. The van der Waals surface area contributed by atoms with Crippen LogP contribution in [0, 0.1) is 0 Å². The van der Waals surface area contributed by atoms with Crippen molar-refractivity contribution >= 4 is 17.7 Å². The summed E-state index contributed by atoms with van der Waals surface area (Å²) in [4.78, 5) is 11.8. The monoisotopic (exact) mass is 252 g/mol. The first kappa shape index (κ1) is 12.2. The molecule has 1 unspecified atom stereocenters. The normalized spacial score (nSPS) is 20.7. The van der Waals surface area contributed by atoms with Crippen LogP contribution >= 0.6 is 11.8 Å². The smallest absolute Gasteiger partial charge is 0.233 e. The molecule has 92 valence electrons. The Kier molecular flexibility index (Phi) is 4.19. The number of carbonyl (C=O) groups excluding carboxylic acids is 1. The second-order valence-corrected chi connectivity index (χ2v) is 5.12. The number of nitrogens with one attached hydrogen (secondary N) is 1. The highest BCUT2D eigenvalue weighted by Crippen LogP contribution is 2.26. The van der Waals surface area contributed by atoms with E-state index in [0.29, 0.717) is 6.54 Å². The molecule has 1 amide bonds. The van der Waals surface area contributed by atoms with Crippen LogP contribution < -0.4 is 5.32 Å². The van der Waals surface area contributed by atoms with Crippen LogP contribution in [0.25, 0.3) is 0 Å². The quantitative estimate of drug-likeness (QED) is 0.819. The van der Waals surface area contributed by atoms with Crippen molar-refractivity contribution in [2.45, 2.75) is 36.2 Å². The minimum Gasteiger partial charge on any atom is -0.355 e. The molecule has 1 N–H and O–H groups in total. The minimum absolute atomic E-state index is 0.0507. The fourth-order valence-corrected chi connectivity index (χ4v) is 2.83. The molecular formula is C11H16N4OS. The number of thioether (sulfide) groups is 1. The third-order valence-electron chi connectivity index (χ3n) is 2.64. The molecule has 0 saturated carbocycles. The molecule has 1 fully saturated rings. The summed E-state index contributed by atoms with van der Waals surface area (Å²) < 4.78 is 1.90. The molecule has 0 aliphatic carbocycles. The summed E-state index contributed by atoms with van der Waals surface area (Å²) in [6.07, 6.45) is 6.49. The second kappa shape index (κ2) is 5.86. The van der Waals surface area contributed by atoms with E-state index >= 15 is 0 Å². The Balaban J connectivity index is 2.05. The molecule has 2 heterocycles. The Labute approximate surface area is 105 Å². The Hall–Kier alpha value is -1.30. The summed E-state index contributed by atoms with van der Waals surface area (Å²) in [6.45, 7) is 5.15. The summed E-state index contributed by atoms with van der Waals surface area (Å²) in [5.41, 5.74) is 0. The van der Waals surface area contributed by atoms with Crippen LogP contribution in [-0.2, 0) is 11.3 Å². The maximum Gasteiger partial charge on any atom is 0.233 e. The van der Waals surface area contributed by atoms with Gasteiger partial charge in [-0.25, -0.2) is 0 Å². The van der Waals surface area contributed by atoms with Crippen molar-refractivity contribution in [1.82, 2.24) is 20.1 Å². The molecule has 1 aromatic heterocycles. The van der Waals surface area contributed by atoms with Crippen molar-refractivity contribution in [3.8, 4) is 0 Å². The van der Waals surface area contributed by atoms with Gasteiger partial charge in [-0.2, -0.15) is 0 Å². The van der Waals surface area contributed by atoms with E-state index in [1.165, 1.54) is 11.8 Å².